The zero-order valence-electron chi connectivity index (χ0n) is 6.42. The van der Waals surface area contributed by atoms with Crippen molar-refractivity contribution in [3.63, 3.8) is 0 Å². The average molecular weight is 176 g/mol. The number of carboxylic acid groups (broad SMARTS) is 1. The molecule has 1 rings (SSSR count). The molecular formula is C7H12O5. The summed E-state index contributed by atoms with van der Waals surface area (Å²) in [7, 11) is 0. The summed E-state index contributed by atoms with van der Waals surface area (Å²) in [5, 5.41) is 35.9. The molecule has 2 unspecified atom stereocenters. The zero-order valence-corrected chi connectivity index (χ0v) is 6.42. The van der Waals surface area contributed by atoms with Crippen LogP contribution in [-0.4, -0.2) is 44.7 Å². The summed E-state index contributed by atoms with van der Waals surface area (Å²) in [6.45, 7) is 0. The maximum Gasteiger partial charge on any atom is 0.309 e. The van der Waals surface area contributed by atoms with Crippen molar-refractivity contribution in [3.05, 3.63) is 0 Å². The van der Waals surface area contributed by atoms with Crippen molar-refractivity contribution in [2.24, 2.45) is 5.92 Å². The lowest BCUT2D eigenvalue weighted by Crippen LogP contribution is -2.48. The Morgan fingerprint density at radius 2 is 1.67 bits per heavy atom. The Hall–Kier alpha value is -0.650. The van der Waals surface area contributed by atoms with Crippen LogP contribution in [-0.2, 0) is 4.79 Å². The second kappa shape index (κ2) is 3.38. The van der Waals surface area contributed by atoms with Gasteiger partial charge in [0.1, 0.15) is 6.10 Å². The lowest BCUT2D eigenvalue weighted by molar-refractivity contribution is -0.160. The number of hydrogen-bond acceptors (Lipinski definition) is 4. The van der Waals surface area contributed by atoms with E-state index >= 15 is 0 Å². The molecule has 0 aromatic carbocycles. The van der Waals surface area contributed by atoms with Gasteiger partial charge in [-0.15, -0.1) is 0 Å². The molecule has 1 saturated carbocycles. The molecule has 0 amide bonds. The number of carboxylic acids is 1. The van der Waals surface area contributed by atoms with E-state index in [4.69, 9.17) is 15.3 Å². The van der Waals surface area contributed by atoms with E-state index in [2.05, 4.69) is 0 Å². The highest BCUT2D eigenvalue weighted by atomic mass is 16.4. The molecule has 5 nitrogen and oxygen atoms in total. The summed E-state index contributed by atoms with van der Waals surface area (Å²) in [4.78, 5) is 10.5. The van der Waals surface area contributed by atoms with Crippen LogP contribution in [0.1, 0.15) is 12.8 Å². The number of aliphatic hydroxyl groups is 3. The van der Waals surface area contributed by atoms with Gasteiger partial charge in [0.15, 0.2) is 0 Å². The van der Waals surface area contributed by atoms with E-state index in [1.54, 1.807) is 0 Å². The Morgan fingerprint density at radius 1 is 1.08 bits per heavy atom. The third-order valence-corrected chi connectivity index (χ3v) is 2.25. The van der Waals surface area contributed by atoms with E-state index in [0.29, 0.717) is 0 Å². The van der Waals surface area contributed by atoms with E-state index in [9.17, 15) is 9.90 Å². The van der Waals surface area contributed by atoms with Crippen molar-refractivity contribution < 1.29 is 25.2 Å². The van der Waals surface area contributed by atoms with Crippen molar-refractivity contribution in [1.82, 2.24) is 0 Å². The largest absolute Gasteiger partial charge is 0.481 e. The van der Waals surface area contributed by atoms with E-state index in [0.717, 1.165) is 0 Å². The minimum atomic E-state index is -1.36. The molecule has 70 valence electrons. The highest BCUT2D eigenvalue weighted by molar-refractivity contribution is 5.71. The van der Waals surface area contributed by atoms with Gasteiger partial charge in [-0.3, -0.25) is 4.79 Å². The molecule has 12 heavy (non-hydrogen) atoms. The lowest BCUT2D eigenvalue weighted by atomic mass is 9.83. The monoisotopic (exact) mass is 176 g/mol. The molecule has 5 heteroatoms. The van der Waals surface area contributed by atoms with Crippen LogP contribution in [0, 0.1) is 5.92 Å². The molecular weight excluding hydrogens is 164 g/mol. The van der Waals surface area contributed by atoms with Gasteiger partial charge in [-0.05, 0) is 12.8 Å². The second-order valence-corrected chi connectivity index (χ2v) is 3.07. The standard InChI is InChI=1S/C7H12O5/c8-4-2-1-3(7(11)12)5(9)6(4)10/h3-6,8-10H,1-2H2,(H,11,12)/t3?,4?,5-,6-/m1/s1. The molecule has 0 saturated heterocycles. The van der Waals surface area contributed by atoms with E-state index in [1.165, 1.54) is 0 Å². The number of hydrogen-bond donors (Lipinski definition) is 4. The summed E-state index contributed by atoms with van der Waals surface area (Å²) in [6.07, 6.45) is -3.27. The molecule has 1 aliphatic carbocycles. The molecule has 0 aromatic heterocycles. The van der Waals surface area contributed by atoms with Crippen LogP contribution >= 0.6 is 0 Å². The number of rotatable bonds is 1. The van der Waals surface area contributed by atoms with Crippen molar-refractivity contribution in [2.45, 2.75) is 31.2 Å². The molecule has 0 spiro atoms. The summed E-state index contributed by atoms with van der Waals surface area (Å²) in [5.74, 6) is -2.09. The Labute approximate surface area is 69.3 Å². The third kappa shape index (κ3) is 1.57. The molecule has 1 aliphatic rings. The van der Waals surface area contributed by atoms with E-state index in [1.807, 2.05) is 0 Å². The molecule has 4 atom stereocenters. The average Bonchev–Trinajstić information content (AvgIpc) is 2.00. The highest BCUT2D eigenvalue weighted by Crippen LogP contribution is 2.25. The normalized spacial score (nSPS) is 42.6. The minimum Gasteiger partial charge on any atom is -0.481 e. The van der Waals surface area contributed by atoms with Crippen molar-refractivity contribution in [1.29, 1.82) is 0 Å². The van der Waals surface area contributed by atoms with Gasteiger partial charge >= 0.3 is 5.97 Å². The lowest BCUT2D eigenvalue weighted by Gasteiger charge is -2.32. The summed E-state index contributed by atoms with van der Waals surface area (Å²) >= 11 is 0. The van der Waals surface area contributed by atoms with Gasteiger partial charge in [-0.2, -0.15) is 0 Å². The molecule has 0 heterocycles. The quantitative estimate of drug-likeness (QED) is 0.392. The van der Waals surface area contributed by atoms with Gasteiger partial charge in [-0.1, -0.05) is 0 Å². The maximum atomic E-state index is 10.5. The Balaban J connectivity index is 2.65. The highest BCUT2D eigenvalue weighted by Gasteiger charge is 2.40. The van der Waals surface area contributed by atoms with Crippen LogP contribution in [0.5, 0.6) is 0 Å². The fraction of sp³-hybridized carbons (Fsp3) is 0.857. The fourth-order valence-corrected chi connectivity index (χ4v) is 1.43. The van der Waals surface area contributed by atoms with Crippen molar-refractivity contribution in [3.8, 4) is 0 Å². The summed E-state index contributed by atoms with van der Waals surface area (Å²) < 4.78 is 0. The third-order valence-electron chi connectivity index (χ3n) is 2.25. The van der Waals surface area contributed by atoms with Crippen LogP contribution in [0.2, 0.25) is 0 Å². The second-order valence-electron chi connectivity index (χ2n) is 3.07. The number of carbonyl (C=O) groups is 1. The molecule has 1 fully saturated rings. The Kier molecular flexibility index (Phi) is 2.66. The first-order valence-corrected chi connectivity index (χ1v) is 3.81. The van der Waals surface area contributed by atoms with Crippen LogP contribution < -0.4 is 0 Å². The van der Waals surface area contributed by atoms with Gasteiger partial charge in [0.25, 0.3) is 0 Å². The van der Waals surface area contributed by atoms with Crippen molar-refractivity contribution in [2.75, 3.05) is 0 Å². The smallest absolute Gasteiger partial charge is 0.309 e. The van der Waals surface area contributed by atoms with Crippen LogP contribution in [0.25, 0.3) is 0 Å². The SMILES string of the molecule is O=C(O)C1CCC(O)[C@@H](O)[C@@H]1O. The summed E-state index contributed by atoms with van der Waals surface area (Å²) in [5.41, 5.74) is 0. The molecule has 4 N–H and O–H groups in total. The molecule has 0 aliphatic heterocycles. The van der Waals surface area contributed by atoms with Crippen LogP contribution in [0.3, 0.4) is 0 Å². The van der Waals surface area contributed by atoms with Gasteiger partial charge in [-0.25, -0.2) is 0 Å². The maximum absolute atomic E-state index is 10.5. The van der Waals surface area contributed by atoms with Crippen LogP contribution in [0.15, 0.2) is 0 Å². The number of aliphatic carboxylic acids is 1. The Bertz CT molecular complexity index is 181. The Morgan fingerprint density at radius 3 is 2.17 bits per heavy atom. The van der Waals surface area contributed by atoms with Gasteiger partial charge in [0.05, 0.1) is 18.1 Å². The minimum absolute atomic E-state index is 0.203. The molecule has 0 aromatic rings. The number of aliphatic hydroxyl groups excluding tert-OH is 3. The van der Waals surface area contributed by atoms with Gasteiger partial charge in [0.2, 0.25) is 0 Å². The predicted molar refractivity (Wildman–Crippen MR) is 38.4 cm³/mol. The first-order chi connectivity index (χ1) is 5.54. The summed E-state index contributed by atoms with van der Waals surface area (Å²) in [6, 6.07) is 0. The van der Waals surface area contributed by atoms with Crippen molar-refractivity contribution >= 4 is 5.97 Å². The predicted octanol–water partition coefficient (Wildman–Crippen LogP) is -1.44. The topological polar surface area (TPSA) is 98.0 Å². The first-order valence-electron chi connectivity index (χ1n) is 3.81. The van der Waals surface area contributed by atoms with Crippen LogP contribution in [0.4, 0.5) is 0 Å². The fourth-order valence-electron chi connectivity index (χ4n) is 1.43. The van der Waals surface area contributed by atoms with E-state index < -0.39 is 30.2 Å². The molecule has 0 bridgehead atoms. The molecule has 0 radical (unpaired) electrons. The zero-order chi connectivity index (χ0) is 9.30. The first kappa shape index (κ1) is 9.44. The van der Waals surface area contributed by atoms with E-state index in [-0.39, 0.29) is 12.8 Å². The van der Waals surface area contributed by atoms with Gasteiger partial charge in [0, 0.05) is 0 Å². The van der Waals surface area contributed by atoms with Gasteiger partial charge < -0.3 is 20.4 Å².